The van der Waals surface area contributed by atoms with Gasteiger partial charge in [-0.2, -0.15) is 13.2 Å². The maximum Gasteiger partial charge on any atom is 0.417 e. The van der Waals surface area contributed by atoms with Gasteiger partial charge in [0.2, 0.25) is 0 Å². The number of hydrogen-bond acceptors (Lipinski definition) is 3. The van der Waals surface area contributed by atoms with Crippen LogP contribution in [0.2, 0.25) is 0 Å². The van der Waals surface area contributed by atoms with Crippen molar-refractivity contribution in [3.05, 3.63) is 28.8 Å². The van der Waals surface area contributed by atoms with Crippen molar-refractivity contribution in [1.29, 1.82) is 0 Å². The highest BCUT2D eigenvalue weighted by molar-refractivity contribution is 7.99. The minimum absolute atomic E-state index is 0.156. The lowest BCUT2D eigenvalue weighted by Gasteiger charge is -2.30. The van der Waals surface area contributed by atoms with E-state index in [9.17, 15) is 18.0 Å². The van der Waals surface area contributed by atoms with Gasteiger partial charge in [-0.15, -0.1) is 11.8 Å². The van der Waals surface area contributed by atoms with Crippen molar-refractivity contribution in [2.75, 3.05) is 25.4 Å². The van der Waals surface area contributed by atoms with Gasteiger partial charge in [0.15, 0.2) is 0 Å². The predicted octanol–water partition coefficient (Wildman–Crippen LogP) is 2.92. The number of rotatable bonds is 2. The van der Waals surface area contributed by atoms with Crippen LogP contribution >= 0.6 is 11.8 Å². The third-order valence-corrected chi connectivity index (χ3v) is 4.69. The first kappa shape index (κ1) is 14.7. The normalized spacial score (nSPS) is 21.4. The second-order valence-electron chi connectivity index (χ2n) is 5.08. The summed E-state index contributed by atoms with van der Waals surface area (Å²) in [4.78, 5) is 14.5. The number of carbonyl (C=O) groups excluding carboxylic acids is 1. The molecule has 0 radical (unpaired) electrons. The molecule has 3 rings (SSSR count). The first-order valence-electron chi connectivity index (χ1n) is 6.83. The lowest BCUT2D eigenvalue weighted by Crippen LogP contribution is -2.44. The van der Waals surface area contributed by atoms with Crippen molar-refractivity contribution >= 4 is 17.7 Å². The molecule has 0 spiro atoms. The zero-order valence-electron chi connectivity index (χ0n) is 11.5. The summed E-state index contributed by atoms with van der Waals surface area (Å²) in [6, 6.07) is 2.57. The summed E-state index contributed by atoms with van der Waals surface area (Å²) < 4.78 is 40.0. The molecule has 1 saturated heterocycles. The highest BCUT2D eigenvalue weighted by Crippen LogP contribution is 2.44. The van der Waals surface area contributed by atoms with Gasteiger partial charge in [-0.3, -0.25) is 4.79 Å². The second-order valence-corrected chi connectivity index (χ2v) is 6.42. The maximum atomic E-state index is 13.3. The Labute approximate surface area is 124 Å². The first-order chi connectivity index (χ1) is 9.93. The van der Waals surface area contributed by atoms with Crippen LogP contribution in [0.15, 0.2) is 17.0 Å². The minimum Gasteiger partial charge on any atom is -0.329 e. The van der Waals surface area contributed by atoms with Crippen molar-refractivity contribution < 1.29 is 18.0 Å². The zero-order chi connectivity index (χ0) is 15.2. The van der Waals surface area contributed by atoms with Gasteiger partial charge in [0.25, 0.3) is 5.91 Å². The summed E-state index contributed by atoms with van der Waals surface area (Å²) in [7, 11) is 0. The van der Waals surface area contributed by atoms with E-state index < -0.39 is 17.6 Å². The Bertz CT molecular complexity index is 588. The molecule has 1 aromatic carbocycles. The van der Waals surface area contributed by atoms with Gasteiger partial charge in [0.1, 0.15) is 0 Å². The number of piperazine rings is 1. The first-order valence-corrected chi connectivity index (χ1v) is 7.81. The highest BCUT2D eigenvalue weighted by Gasteiger charge is 2.45. The Morgan fingerprint density at radius 1 is 1.43 bits per heavy atom. The Kier molecular flexibility index (Phi) is 3.65. The van der Waals surface area contributed by atoms with Gasteiger partial charge in [-0.25, -0.2) is 0 Å². The molecule has 21 heavy (non-hydrogen) atoms. The summed E-state index contributed by atoms with van der Waals surface area (Å²) in [5.74, 6) is 0.202. The number of amides is 1. The van der Waals surface area contributed by atoms with Gasteiger partial charge in [-0.05, 0) is 23.4 Å². The third kappa shape index (κ3) is 2.42. The fourth-order valence-corrected chi connectivity index (χ4v) is 3.73. The SMILES string of the molecule is CCSc1cc2c(c(C(F)(F)F)c1)C(=O)N1CCNC[C@@H]21. The maximum absolute atomic E-state index is 13.3. The van der Waals surface area contributed by atoms with Crippen LogP contribution in [0.5, 0.6) is 0 Å². The average molecular weight is 316 g/mol. The van der Waals surface area contributed by atoms with Crippen LogP contribution in [0, 0.1) is 0 Å². The third-order valence-electron chi connectivity index (χ3n) is 3.84. The van der Waals surface area contributed by atoms with Crippen LogP contribution in [0.25, 0.3) is 0 Å². The number of halogens is 3. The molecule has 0 saturated carbocycles. The van der Waals surface area contributed by atoms with E-state index in [1.807, 2.05) is 6.92 Å². The summed E-state index contributed by atoms with van der Waals surface area (Å²) in [6.45, 7) is 3.47. The number of nitrogens with zero attached hydrogens (tertiary/aromatic N) is 1. The Morgan fingerprint density at radius 3 is 2.86 bits per heavy atom. The minimum atomic E-state index is -4.51. The van der Waals surface area contributed by atoms with Crippen molar-refractivity contribution in [2.24, 2.45) is 0 Å². The number of thioether (sulfide) groups is 1. The monoisotopic (exact) mass is 316 g/mol. The molecular formula is C14H15F3N2OS. The second kappa shape index (κ2) is 5.21. The largest absolute Gasteiger partial charge is 0.417 e. The van der Waals surface area contributed by atoms with E-state index in [4.69, 9.17) is 0 Å². The molecule has 1 fully saturated rings. The van der Waals surface area contributed by atoms with Gasteiger partial charge in [0, 0.05) is 24.5 Å². The molecule has 1 atom stereocenters. The number of hydrogen-bond donors (Lipinski definition) is 1. The number of alkyl halides is 3. The lowest BCUT2D eigenvalue weighted by molar-refractivity contribution is -0.138. The Morgan fingerprint density at radius 2 is 2.19 bits per heavy atom. The standard InChI is InChI=1S/C14H15F3N2OS/c1-2-21-8-5-9-11-7-18-3-4-19(11)13(20)12(9)10(6-8)14(15,16)17/h5-6,11,18H,2-4,7H2,1H3/t11-/m0/s1. The van der Waals surface area contributed by atoms with Gasteiger partial charge >= 0.3 is 6.18 Å². The average Bonchev–Trinajstić information content (AvgIpc) is 2.72. The van der Waals surface area contributed by atoms with Gasteiger partial charge in [0.05, 0.1) is 17.2 Å². The molecule has 0 aliphatic carbocycles. The van der Waals surface area contributed by atoms with Crippen molar-refractivity contribution in [1.82, 2.24) is 10.2 Å². The van der Waals surface area contributed by atoms with E-state index in [0.29, 0.717) is 35.8 Å². The number of benzene rings is 1. The topological polar surface area (TPSA) is 32.3 Å². The molecule has 2 aliphatic rings. The Hall–Kier alpha value is -1.21. The molecule has 1 amide bonds. The van der Waals surface area contributed by atoms with Gasteiger partial charge < -0.3 is 10.2 Å². The van der Waals surface area contributed by atoms with Gasteiger partial charge in [-0.1, -0.05) is 6.92 Å². The molecule has 0 aromatic heterocycles. The van der Waals surface area contributed by atoms with E-state index >= 15 is 0 Å². The zero-order valence-corrected chi connectivity index (χ0v) is 12.3. The quantitative estimate of drug-likeness (QED) is 0.852. The molecule has 2 aliphatic heterocycles. The molecule has 3 nitrogen and oxygen atoms in total. The van der Waals surface area contributed by atoms with Crippen LogP contribution in [-0.2, 0) is 6.18 Å². The number of nitrogens with one attached hydrogen (secondary N) is 1. The van der Waals surface area contributed by atoms with E-state index in [2.05, 4.69) is 5.32 Å². The summed E-state index contributed by atoms with van der Waals surface area (Å²) >= 11 is 1.36. The van der Waals surface area contributed by atoms with Crippen LogP contribution in [0.3, 0.4) is 0 Å². The smallest absolute Gasteiger partial charge is 0.329 e. The van der Waals surface area contributed by atoms with E-state index in [1.54, 1.807) is 11.0 Å². The van der Waals surface area contributed by atoms with E-state index in [1.165, 1.54) is 11.8 Å². The molecule has 1 N–H and O–H groups in total. The van der Waals surface area contributed by atoms with Crippen molar-refractivity contribution in [3.8, 4) is 0 Å². The summed E-state index contributed by atoms with van der Waals surface area (Å²) in [5, 5.41) is 3.15. The van der Waals surface area contributed by atoms with E-state index in [0.717, 1.165) is 6.07 Å². The van der Waals surface area contributed by atoms with Crippen LogP contribution in [0.1, 0.15) is 34.5 Å². The summed E-state index contributed by atoms with van der Waals surface area (Å²) in [5.41, 5.74) is -0.440. The molecule has 114 valence electrons. The fourth-order valence-electron chi connectivity index (χ4n) is 2.98. The van der Waals surface area contributed by atoms with Crippen LogP contribution in [-0.4, -0.2) is 36.2 Å². The van der Waals surface area contributed by atoms with E-state index in [-0.39, 0.29) is 11.6 Å². The number of fused-ring (bicyclic) bond motifs is 3. The molecule has 7 heteroatoms. The fraction of sp³-hybridized carbons (Fsp3) is 0.500. The molecule has 0 bridgehead atoms. The number of carbonyl (C=O) groups is 1. The molecular weight excluding hydrogens is 301 g/mol. The molecule has 0 unspecified atom stereocenters. The Balaban J connectivity index is 2.17. The van der Waals surface area contributed by atoms with Crippen LogP contribution < -0.4 is 5.32 Å². The molecule has 1 aromatic rings. The highest BCUT2D eigenvalue weighted by atomic mass is 32.2. The summed E-state index contributed by atoms with van der Waals surface area (Å²) in [6.07, 6.45) is -4.51. The van der Waals surface area contributed by atoms with Crippen molar-refractivity contribution in [3.63, 3.8) is 0 Å². The lowest BCUT2D eigenvalue weighted by atomic mass is 9.98. The molecule has 2 heterocycles. The van der Waals surface area contributed by atoms with Crippen molar-refractivity contribution in [2.45, 2.75) is 24.0 Å². The van der Waals surface area contributed by atoms with Crippen LogP contribution in [0.4, 0.5) is 13.2 Å². The predicted molar refractivity (Wildman–Crippen MR) is 74.5 cm³/mol.